The number of rotatable bonds is 7. The quantitative estimate of drug-likeness (QED) is 0.809. The summed E-state index contributed by atoms with van der Waals surface area (Å²) in [6, 6.07) is 6.42. The number of carbonyl (C=O) groups excluding carboxylic acids is 1. The molecular formula is C14H18ClNO4. The van der Waals surface area contributed by atoms with E-state index in [9.17, 15) is 14.7 Å². The predicted molar refractivity (Wildman–Crippen MR) is 75.7 cm³/mol. The molecule has 0 aliphatic heterocycles. The van der Waals surface area contributed by atoms with E-state index in [-0.39, 0.29) is 25.4 Å². The van der Waals surface area contributed by atoms with Gasteiger partial charge in [-0.25, -0.2) is 4.79 Å². The van der Waals surface area contributed by atoms with Gasteiger partial charge in [0.2, 0.25) is 5.91 Å². The molecule has 20 heavy (non-hydrogen) atoms. The maximum atomic E-state index is 11.8. The Balaban J connectivity index is 3.06. The second-order valence-corrected chi connectivity index (χ2v) is 4.80. The van der Waals surface area contributed by atoms with Gasteiger partial charge >= 0.3 is 5.97 Å². The van der Waals surface area contributed by atoms with E-state index in [0.29, 0.717) is 10.6 Å². The number of carbonyl (C=O) groups is 2. The highest BCUT2D eigenvalue weighted by Gasteiger charge is 2.40. The van der Waals surface area contributed by atoms with Crippen LogP contribution in [-0.4, -0.2) is 30.7 Å². The van der Waals surface area contributed by atoms with Crippen LogP contribution in [0, 0.1) is 0 Å². The first kappa shape index (κ1) is 16.5. The molecule has 0 aromatic heterocycles. The Hall–Kier alpha value is -1.59. The molecule has 1 aromatic rings. The summed E-state index contributed by atoms with van der Waals surface area (Å²) < 4.78 is 4.82. The van der Waals surface area contributed by atoms with Crippen LogP contribution in [-0.2, 0) is 19.9 Å². The summed E-state index contributed by atoms with van der Waals surface area (Å²) in [7, 11) is 1.48. The van der Waals surface area contributed by atoms with Crippen LogP contribution in [0.5, 0.6) is 0 Å². The van der Waals surface area contributed by atoms with Crippen LogP contribution in [0.4, 0.5) is 0 Å². The van der Waals surface area contributed by atoms with Gasteiger partial charge in [0.1, 0.15) is 0 Å². The lowest BCUT2D eigenvalue weighted by Gasteiger charge is -2.30. The summed E-state index contributed by atoms with van der Waals surface area (Å²) >= 11 is 5.81. The fourth-order valence-electron chi connectivity index (χ4n) is 1.92. The standard InChI is InChI=1S/C14H18ClNO4/c1-3-14(13(18)19,16-12(17)8-9-20-2)10-4-6-11(15)7-5-10/h4-7H,3,8-9H2,1-2H3,(H,16,17)(H,18,19). The molecule has 0 aliphatic rings. The van der Waals surface area contributed by atoms with Crippen LogP contribution < -0.4 is 5.32 Å². The smallest absolute Gasteiger partial charge is 0.334 e. The number of benzene rings is 1. The van der Waals surface area contributed by atoms with Crippen molar-refractivity contribution >= 4 is 23.5 Å². The van der Waals surface area contributed by atoms with Crippen molar-refractivity contribution in [2.45, 2.75) is 25.3 Å². The fraction of sp³-hybridized carbons (Fsp3) is 0.429. The van der Waals surface area contributed by atoms with Crippen molar-refractivity contribution in [3.63, 3.8) is 0 Å². The summed E-state index contributed by atoms with van der Waals surface area (Å²) in [6.07, 6.45) is 0.335. The number of methoxy groups -OCH3 is 1. The number of amides is 1. The Morgan fingerprint density at radius 1 is 1.35 bits per heavy atom. The Morgan fingerprint density at radius 3 is 2.40 bits per heavy atom. The van der Waals surface area contributed by atoms with Crippen molar-refractivity contribution in [1.82, 2.24) is 5.32 Å². The first-order valence-corrected chi connectivity index (χ1v) is 6.63. The molecule has 6 heteroatoms. The van der Waals surface area contributed by atoms with Gasteiger partial charge in [0.25, 0.3) is 0 Å². The van der Waals surface area contributed by atoms with E-state index in [1.807, 2.05) is 0 Å². The lowest BCUT2D eigenvalue weighted by Crippen LogP contribution is -2.51. The molecule has 0 bridgehead atoms. The number of ether oxygens (including phenoxy) is 1. The van der Waals surface area contributed by atoms with Gasteiger partial charge in [-0.05, 0) is 24.1 Å². The van der Waals surface area contributed by atoms with Crippen molar-refractivity contribution in [3.8, 4) is 0 Å². The van der Waals surface area contributed by atoms with Gasteiger partial charge in [0.05, 0.1) is 6.61 Å². The summed E-state index contributed by atoms with van der Waals surface area (Å²) in [5, 5.41) is 12.6. The minimum atomic E-state index is -1.45. The highest BCUT2D eigenvalue weighted by molar-refractivity contribution is 6.30. The van der Waals surface area contributed by atoms with Gasteiger partial charge in [-0.15, -0.1) is 0 Å². The molecule has 2 N–H and O–H groups in total. The molecule has 1 amide bonds. The van der Waals surface area contributed by atoms with Crippen molar-refractivity contribution in [2.75, 3.05) is 13.7 Å². The number of hydrogen-bond donors (Lipinski definition) is 2. The van der Waals surface area contributed by atoms with Crippen LogP contribution in [0.25, 0.3) is 0 Å². The van der Waals surface area contributed by atoms with E-state index in [1.54, 1.807) is 31.2 Å². The van der Waals surface area contributed by atoms with Crippen LogP contribution in [0.15, 0.2) is 24.3 Å². The zero-order valence-corrected chi connectivity index (χ0v) is 12.2. The summed E-state index contributed by atoms with van der Waals surface area (Å²) in [5.74, 6) is -1.47. The molecule has 1 unspecified atom stereocenters. The van der Waals surface area contributed by atoms with Crippen LogP contribution >= 0.6 is 11.6 Å². The Labute approximate surface area is 122 Å². The summed E-state index contributed by atoms with van der Waals surface area (Å²) in [6.45, 7) is 1.95. The number of halogens is 1. The number of hydrogen-bond acceptors (Lipinski definition) is 3. The molecular weight excluding hydrogens is 282 g/mol. The lowest BCUT2D eigenvalue weighted by molar-refractivity contribution is -0.148. The predicted octanol–water partition coefficient (Wildman–Crippen LogP) is 2.18. The molecule has 1 atom stereocenters. The first-order valence-electron chi connectivity index (χ1n) is 6.25. The van der Waals surface area contributed by atoms with E-state index in [0.717, 1.165) is 0 Å². The Bertz CT molecular complexity index is 475. The molecule has 0 aliphatic carbocycles. The number of carboxylic acid groups (broad SMARTS) is 1. The second kappa shape index (κ2) is 7.26. The summed E-state index contributed by atoms with van der Waals surface area (Å²) in [4.78, 5) is 23.5. The molecule has 110 valence electrons. The van der Waals surface area contributed by atoms with E-state index in [4.69, 9.17) is 16.3 Å². The molecule has 5 nitrogen and oxygen atoms in total. The SMILES string of the molecule is CCC(NC(=O)CCOC)(C(=O)O)c1ccc(Cl)cc1. The number of aliphatic carboxylic acids is 1. The average molecular weight is 300 g/mol. The van der Waals surface area contributed by atoms with Gasteiger partial charge in [-0.3, -0.25) is 4.79 Å². The zero-order chi connectivity index (χ0) is 15.2. The van der Waals surface area contributed by atoms with E-state index < -0.39 is 11.5 Å². The molecule has 0 fully saturated rings. The Kier molecular flexibility index (Phi) is 5.98. The zero-order valence-electron chi connectivity index (χ0n) is 11.5. The monoisotopic (exact) mass is 299 g/mol. The minimum Gasteiger partial charge on any atom is -0.479 e. The molecule has 1 aromatic carbocycles. The van der Waals surface area contributed by atoms with Crippen LogP contribution in [0.2, 0.25) is 5.02 Å². The van der Waals surface area contributed by atoms with Crippen LogP contribution in [0.3, 0.4) is 0 Å². The van der Waals surface area contributed by atoms with Crippen molar-refractivity contribution < 1.29 is 19.4 Å². The third-order valence-corrected chi connectivity index (χ3v) is 3.37. The van der Waals surface area contributed by atoms with E-state index in [2.05, 4.69) is 5.32 Å². The van der Waals surface area contributed by atoms with Gasteiger partial charge in [0.15, 0.2) is 5.54 Å². The highest BCUT2D eigenvalue weighted by atomic mass is 35.5. The highest BCUT2D eigenvalue weighted by Crippen LogP contribution is 2.27. The third-order valence-electron chi connectivity index (χ3n) is 3.12. The van der Waals surface area contributed by atoms with Crippen LogP contribution in [0.1, 0.15) is 25.3 Å². The van der Waals surface area contributed by atoms with Gasteiger partial charge in [0, 0.05) is 18.6 Å². The van der Waals surface area contributed by atoms with Gasteiger partial charge in [-0.1, -0.05) is 30.7 Å². The third kappa shape index (κ3) is 3.71. The Morgan fingerprint density at radius 2 is 1.95 bits per heavy atom. The lowest BCUT2D eigenvalue weighted by atomic mass is 9.87. The van der Waals surface area contributed by atoms with Crippen molar-refractivity contribution in [1.29, 1.82) is 0 Å². The molecule has 0 saturated carbocycles. The van der Waals surface area contributed by atoms with Crippen molar-refractivity contribution in [2.24, 2.45) is 0 Å². The fourth-order valence-corrected chi connectivity index (χ4v) is 2.05. The normalized spacial score (nSPS) is 13.6. The average Bonchev–Trinajstić information content (AvgIpc) is 2.43. The molecule has 0 radical (unpaired) electrons. The molecule has 0 saturated heterocycles. The van der Waals surface area contributed by atoms with Gasteiger partial charge in [-0.2, -0.15) is 0 Å². The number of carboxylic acids is 1. The molecule has 1 rings (SSSR count). The second-order valence-electron chi connectivity index (χ2n) is 4.36. The summed E-state index contributed by atoms with van der Waals surface area (Å²) in [5.41, 5.74) is -0.960. The van der Waals surface area contributed by atoms with Crippen molar-refractivity contribution in [3.05, 3.63) is 34.9 Å². The minimum absolute atomic E-state index is 0.110. The van der Waals surface area contributed by atoms with E-state index >= 15 is 0 Å². The first-order chi connectivity index (χ1) is 9.46. The number of nitrogens with one attached hydrogen (secondary N) is 1. The maximum Gasteiger partial charge on any atom is 0.334 e. The maximum absolute atomic E-state index is 11.8. The van der Waals surface area contributed by atoms with E-state index in [1.165, 1.54) is 7.11 Å². The largest absolute Gasteiger partial charge is 0.479 e. The topological polar surface area (TPSA) is 75.6 Å². The van der Waals surface area contributed by atoms with Gasteiger partial charge < -0.3 is 15.2 Å². The molecule has 0 spiro atoms. The molecule has 0 heterocycles.